The fraction of sp³-hybridized carbons (Fsp3) is 0.600. The van der Waals surface area contributed by atoms with Crippen molar-refractivity contribution in [2.45, 2.75) is 45.8 Å². The fourth-order valence-electron chi connectivity index (χ4n) is 1.61. The summed E-state index contributed by atoms with van der Waals surface area (Å²) in [5.74, 6) is 0.312. The molecule has 19 heavy (non-hydrogen) atoms. The van der Waals surface area contributed by atoms with Gasteiger partial charge in [0.05, 0.1) is 7.11 Å². The average molecular weight is 268 g/mol. The van der Waals surface area contributed by atoms with Crippen molar-refractivity contribution < 1.29 is 9.13 Å². The molecular weight excluding hydrogens is 243 g/mol. The van der Waals surface area contributed by atoms with Gasteiger partial charge >= 0.3 is 0 Å². The van der Waals surface area contributed by atoms with Crippen molar-refractivity contribution in [1.82, 2.24) is 10.6 Å². The van der Waals surface area contributed by atoms with Crippen LogP contribution in [0.5, 0.6) is 5.75 Å². The first-order valence-electron chi connectivity index (χ1n) is 6.62. The summed E-state index contributed by atoms with van der Waals surface area (Å²) >= 11 is 0. The van der Waals surface area contributed by atoms with Crippen LogP contribution in [0.15, 0.2) is 18.2 Å². The number of halogens is 1. The van der Waals surface area contributed by atoms with Crippen LogP contribution in [0, 0.1) is 5.82 Å². The summed E-state index contributed by atoms with van der Waals surface area (Å²) in [7, 11) is 1.53. The number of ether oxygens (including phenoxy) is 1. The maximum atomic E-state index is 13.7. The third kappa shape index (κ3) is 6.03. The summed E-state index contributed by atoms with van der Waals surface area (Å²) in [4.78, 5) is 0. The van der Waals surface area contributed by atoms with E-state index in [-0.39, 0.29) is 17.4 Å². The van der Waals surface area contributed by atoms with Gasteiger partial charge in [0.15, 0.2) is 0 Å². The molecule has 0 fully saturated rings. The maximum Gasteiger partial charge on any atom is 0.131 e. The van der Waals surface area contributed by atoms with E-state index in [4.69, 9.17) is 4.74 Å². The number of hydrogen-bond donors (Lipinski definition) is 2. The highest BCUT2D eigenvalue weighted by Crippen LogP contribution is 2.16. The summed E-state index contributed by atoms with van der Waals surface area (Å²) in [5.41, 5.74) is 0.754. The van der Waals surface area contributed by atoms with Crippen LogP contribution in [0.4, 0.5) is 4.39 Å². The molecule has 0 amide bonds. The van der Waals surface area contributed by atoms with Gasteiger partial charge in [0.2, 0.25) is 0 Å². The summed E-state index contributed by atoms with van der Waals surface area (Å²) in [6.07, 6.45) is 0. The molecule has 1 aromatic carbocycles. The normalized spacial score (nSPS) is 13.4. The molecule has 0 saturated carbocycles. The second-order valence-electron chi connectivity index (χ2n) is 5.87. The highest BCUT2D eigenvalue weighted by molar-refractivity contribution is 5.28. The van der Waals surface area contributed by atoms with Crippen LogP contribution in [-0.4, -0.2) is 25.2 Å². The Hall–Kier alpha value is -1.13. The smallest absolute Gasteiger partial charge is 0.131 e. The zero-order valence-corrected chi connectivity index (χ0v) is 12.5. The standard InChI is InChI=1S/C15H25FN2O/c1-11(9-18-15(2,3)4)17-10-12-6-7-13(19-5)8-14(12)16/h6-8,11,17-18H,9-10H2,1-5H3. The van der Waals surface area contributed by atoms with E-state index in [0.29, 0.717) is 17.9 Å². The van der Waals surface area contributed by atoms with Crippen LogP contribution in [0.2, 0.25) is 0 Å². The molecule has 3 nitrogen and oxygen atoms in total. The van der Waals surface area contributed by atoms with Gasteiger partial charge in [0, 0.05) is 36.3 Å². The van der Waals surface area contributed by atoms with E-state index in [1.54, 1.807) is 12.1 Å². The molecule has 1 aromatic rings. The Bertz CT molecular complexity index is 402. The van der Waals surface area contributed by atoms with Gasteiger partial charge in [-0.2, -0.15) is 0 Å². The van der Waals surface area contributed by atoms with Crippen LogP contribution in [0.1, 0.15) is 33.3 Å². The molecule has 2 N–H and O–H groups in total. The van der Waals surface area contributed by atoms with Crippen molar-refractivity contribution in [3.63, 3.8) is 0 Å². The Morgan fingerprint density at radius 1 is 1.32 bits per heavy atom. The lowest BCUT2D eigenvalue weighted by molar-refractivity contribution is 0.385. The molecule has 1 atom stereocenters. The number of hydrogen-bond acceptors (Lipinski definition) is 3. The second-order valence-corrected chi connectivity index (χ2v) is 5.87. The van der Waals surface area contributed by atoms with Gasteiger partial charge in [0.25, 0.3) is 0 Å². The van der Waals surface area contributed by atoms with Crippen LogP contribution < -0.4 is 15.4 Å². The first-order chi connectivity index (χ1) is 8.81. The molecule has 1 unspecified atom stereocenters. The van der Waals surface area contributed by atoms with Gasteiger partial charge in [-0.05, 0) is 33.8 Å². The Labute approximate surface area is 115 Å². The molecule has 0 spiro atoms. The predicted octanol–water partition coefficient (Wildman–Crippen LogP) is 2.70. The van der Waals surface area contributed by atoms with E-state index in [1.807, 2.05) is 0 Å². The van der Waals surface area contributed by atoms with Gasteiger partial charge in [-0.1, -0.05) is 6.07 Å². The van der Waals surface area contributed by atoms with Gasteiger partial charge in [-0.3, -0.25) is 0 Å². The summed E-state index contributed by atoms with van der Waals surface area (Å²) < 4.78 is 18.7. The minimum absolute atomic E-state index is 0.0985. The molecule has 0 bridgehead atoms. The fourth-order valence-corrected chi connectivity index (χ4v) is 1.61. The van der Waals surface area contributed by atoms with Crippen LogP contribution in [0.25, 0.3) is 0 Å². The molecule has 0 aliphatic heterocycles. The van der Waals surface area contributed by atoms with E-state index in [2.05, 4.69) is 38.3 Å². The summed E-state index contributed by atoms with van der Waals surface area (Å²) in [5, 5.41) is 6.72. The zero-order valence-electron chi connectivity index (χ0n) is 12.5. The molecule has 0 radical (unpaired) electrons. The zero-order chi connectivity index (χ0) is 14.5. The van der Waals surface area contributed by atoms with Crippen molar-refractivity contribution in [3.8, 4) is 5.75 Å². The highest BCUT2D eigenvalue weighted by atomic mass is 19.1. The van der Waals surface area contributed by atoms with Crippen molar-refractivity contribution in [2.24, 2.45) is 0 Å². The lowest BCUT2D eigenvalue weighted by Crippen LogP contribution is -2.44. The molecule has 1 rings (SSSR count). The maximum absolute atomic E-state index is 13.7. The molecule has 0 aliphatic carbocycles. The monoisotopic (exact) mass is 268 g/mol. The van der Waals surface area contributed by atoms with E-state index in [9.17, 15) is 4.39 Å². The van der Waals surface area contributed by atoms with Crippen LogP contribution >= 0.6 is 0 Å². The SMILES string of the molecule is COc1ccc(CNC(C)CNC(C)(C)C)c(F)c1. The molecular formula is C15H25FN2O. The van der Waals surface area contributed by atoms with Crippen LogP contribution in [-0.2, 0) is 6.54 Å². The Morgan fingerprint density at radius 3 is 2.53 bits per heavy atom. The summed E-state index contributed by atoms with van der Waals surface area (Å²) in [6, 6.07) is 5.22. The molecule has 0 saturated heterocycles. The van der Waals surface area contributed by atoms with E-state index in [0.717, 1.165) is 6.54 Å². The largest absolute Gasteiger partial charge is 0.497 e. The van der Waals surface area contributed by atoms with Crippen molar-refractivity contribution >= 4 is 0 Å². The van der Waals surface area contributed by atoms with Gasteiger partial charge in [0.1, 0.15) is 11.6 Å². The number of rotatable bonds is 6. The highest BCUT2D eigenvalue weighted by Gasteiger charge is 2.11. The lowest BCUT2D eigenvalue weighted by Gasteiger charge is -2.24. The minimum atomic E-state index is -0.233. The van der Waals surface area contributed by atoms with E-state index in [1.165, 1.54) is 13.2 Å². The quantitative estimate of drug-likeness (QED) is 0.832. The Balaban J connectivity index is 2.44. The second kappa shape index (κ2) is 6.87. The first kappa shape index (κ1) is 15.9. The average Bonchev–Trinajstić information content (AvgIpc) is 2.34. The predicted molar refractivity (Wildman–Crippen MR) is 77.0 cm³/mol. The van der Waals surface area contributed by atoms with Gasteiger partial charge in [-0.15, -0.1) is 0 Å². The topological polar surface area (TPSA) is 33.3 Å². The van der Waals surface area contributed by atoms with Crippen molar-refractivity contribution in [1.29, 1.82) is 0 Å². The minimum Gasteiger partial charge on any atom is -0.497 e. The Morgan fingerprint density at radius 2 is 2.00 bits per heavy atom. The van der Waals surface area contributed by atoms with E-state index >= 15 is 0 Å². The third-order valence-corrected chi connectivity index (χ3v) is 2.84. The van der Waals surface area contributed by atoms with Crippen molar-refractivity contribution in [2.75, 3.05) is 13.7 Å². The third-order valence-electron chi connectivity index (χ3n) is 2.84. The molecule has 4 heteroatoms. The Kier molecular flexibility index (Phi) is 5.76. The van der Waals surface area contributed by atoms with Gasteiger partial charge in [-0.25, -0.2) is 4.39 Å². The van der Waals surface area contributed by atoms with Crippen molar-refractivity contribution in [3.05, 3.63) is 29.6 Å². The molecule has 0 aliphatic rings. The van der Waals surface area contributed by atoms with Crippen LogP contribution in [0.3, 0.4) is 0 Å². The number of methoxy groups -OCH3 is 1. The van der Waals surface area contributed by atoms with E-state index < -0.39 is 0 Å². The number of nitrogens with one attached hydrogen (secondary N) is 2. The van der Waals surface area contributed by atoms with Gasteiger partial charge < -0.3 is 15.4 Å². The lowest BCUT2D eigenvalue weighted by atomic mass is 10.1. The molecule has 0 heterocycles. The molecule has 0 aromatic heterocycles. The molecule has 108 valence electrons. The number of benzene rings is 1. The first-order valence-corrected chi connectivity index (χ1v) is 6.62. The summed E-state index contributed by atoms with van der Waals surface area (Å²) in [6.45, 7) is 9.83.